The maximum atomic E-state index is 13.6. The summed E-state index contributed by atoms with van der Waals surface area (Å²) in [7, 11) is 0. The van der Waals surface area contributed by atoms with Crippen LogP contribution in [0.25, 0.3) is 32.8 Å². The van der Waals surface area contributed by atoms with Crippen molar-refractivity contribution < 1.29 is 19.1 Å². The highest BCUT2D eigenvalue weighted by atomic mass is 35.5. The fraction of sp³-hybridized carbons (Fsp3) is 0.0571. The lowest BCUT2D eigenvalue weighted by molar-refractivity contribution is 0.0728. The molecule has 6 rings (SSSR count). The molecular weight excluding hydrogens is 633 g/mol. The number of hydrazone groups is 1. The van der Waals surface area contributed by atoms with Gasteiger partial charge in [0.1, 0.15) is 5.69 Å². The summed E-state index contributed by atoms with van der Waals surface area (Å²) in [6.45, 7) is 2.13. The van der Waals surface area contributed by atoms with Gasteiger partial charge >= 0.3 is 5.97 Å². The molecule has 0 aliphatic rings. The monoisotopic (exact) mass is 655 g/mol. The topological polar surface area (TPSA) is 92.8 Å². The van der Waals surface area contributed by atoms with E-state index in [0.29, 0.717) is 39.2 Å². The van der Waals surface area contributed by atoms with Crippen LogP contribution in [0.2, 0.25) is 15.1 Å². The fourth-order valence-electron chi connectivity index (χ4n) is 5.04. The molecule has 1 heterocycles. The molecule has 0 saturated heterocycles. The standard InChI is InChI=1S/C35H24Cl3N3O4/c1-2-44-30-17-20(11-16-29(30)45-35(43)25-15-13-22(36)18-28(25)38)19-39-41-34(42)33-31(24-9-5-6-10-27(24)37)26-14-12-21-7-3-4-8-23(21)32(26)40-33/h3-19,40H,2H2,1H3,(H,41,42). The van der Waals surface area contributed by atoms with E-state index in [-0.39, 0.29) is 16.3 Å². The first kappa shape index (κ1) is 30.2. The van der Waals surface area contributed by atoms with E-state index in [2.05, 4.69) is 15.5 Å². The molecule has 1 aromatic heterocycles. The van der Waals surface area contributed by atoms with Gasteiger partial charge in [0, 0.05) is 31.9 Å². The second kappa shape index (κ2) is 13.0. The number of hydrogen-bond donors (Lipinski definition) is 2. The molecule has 0 saturated carbocycles. The molecule has 0 bridgehead atoms. The Labute approximate surface area is 273 Å². The molecule has 0 aliphatic heterocycles. The molecule has 10 heteroatoms. The van der Waals surface area contributed by atoms with E-state index in [9.17, 15) is 9.59 Å². The van der Waals surface area contributed by atoms with Crippen LogP contribution in [0.3, 0.4) is 0 Å². The smallest absolute Gasteiger partial charge is 0.345 e. The number of ether oxygens (including phenoxy) is 2. The molecule has 0 unspecified atom stereocenters. The predicted molar refractivity (Wildman–Crippen MR) is 180 cm³/mol. The summed E-state index contributed by atoms with van der Waals surface area (Å²) < 4.78 is 11.3. The Balaban J connectivity index is 1.28. The second-order valence-corrected chi connectivity index (χ2v) is 11.2. The van der Waals surface area contributed by atoms with Gasteiger partial charge in [-0.2, -0.15) is 5.10 Å². The van der Waals surface area contributed by atoms with Crippen LogP contribution in [0.4, 0.5) is 0 Å². The summed E-state index contributed by atoms with van der Waals surface area (Å²) in [4.78, 5) is 29.7. The molecule has 0 aliphatic carbocycles. The lowest BCUT2D eigenvalue weighted by Crippen LogP contribution is -2.19. The molecule has 2 N–H and O–H groups in total. The summed E-state index contributed by atoms with van der Waals surface area (Å²) >= 11 is 18.7. The van der Waals surface area contributed by atoms with Crippen molar-refractivity contribution in [3.05, 3.63) is 129 Å². The van der Waals surface area contributed by atoms with Crippen molar-refractivity contribution in [1.82, 2.24) is 10.4 Å². The third-order valence-corrected chi connectivity index (χ3v) is 7.95. The number of fused-ring (bicyclic) bond motifs is 3. The van der Waals surface area contributed by atoms with Crippen molar-refractivity contribution in [2.45, 2.75) is 6.92 Å². The largest absolute Gasteiger partial charge is 0.490 e. The quantitative estimate of drug-likeness (QED) is 0.0739. The minimum atomic E-state index is -0.660. The van der Waals surface area contributed by atoms with E-state index in [1.54, 1.807) is 30.3 Å². The van der Waals surface area contributed by atoms with E-state index in [0.717, 1.165) is 27.2 Å². The zero-order valence-electron chi connectivity index (χ0n) is 23.7. The Morgan fingerprint density at radius 2 is 1.64 bits per heavy atom. The number of halogens is 3. The zero-order chi connectivity index (χ0) is 31.5. The van der Waals surface area contributed by atoms with Gasteiger partial charge < -0.3 is 14.5 Å². The third kappa shape index (κ3) is 6.24. The number of nitrogens with zero attached hydrogens (tertiary/aromatic N) is 1. The van der Waals surface area contributed by atoms with Gasteiger partial charge in [-0.15, -0.1) is 0 Å². The molecule has 5 aromatic carbocycles. The highest BCUT2D eigenvalue weighted by Crippen LogP contribution is 2.39. The Bertz CT molecular complexity index is 2120. The Kier molecular flexibility index (Phi) is 8.76. The van der Waals surface area contributed by atoms with Crippen LogP contribution in [0, 0.1) is 0 Å². The normalized spacial score (nSPS) is 11.3. The minimum Gasteiger partial charge on any atom is -0.490 e. The van der Waals surface area contributed by atoms with Gasteiger partial charge in [0.25, 0.3) is 5.91 Å². The fourth-order valence-corrected chi connectivity index (χ4v) is 5.76. The summed E-state index contributed by atoms with van der Waals surface area (Å²) in [6, 6.07) is 28.7. The van der Waals surface area contributed by atoms with E-state index >= 15 is 0 Å². The van der Waals surface area contributed by atoms with Crippen molar-refractivity contribution in [2.24, 2.45) is 5.10 Å². The van der Waals surface area contributed by atoms with E-state index < -0.39 is 11.9 Å². The second-order valence-electron chi connectivity index (χ2n) is 9.92. The van der Waals surface area contributed by atoms with Gasteiger partial charge in [0.05, 0.1) is 28.9 Å². The first-order chi connectivity index (χ1) is 21.8. The zero-order valence-corrected chi connectivity index (χ0v) is 26.0. The lowest BCUT2D eigenvalue weighted by Gasteiger charge is -2.12. The maximum absolute atomic E-state index is 13.6. The summed E-state index contributed by atoms with van der Waals surface area (Å²) in [6.07, 6.45) is 1.47. The highest BCUT2D eigenvalue weighted by Gasteiger charge is 2.22. The Hall–Kier alpha value is -4.82. The average molecular weight is 657 g/mol. The number of esters is 1. The number of aromatic nitrogens is 1. The number of hydrogen-bond acceptors (Lipinski definition) is 5. The van der Waals surface area contributed by atoms with Crippen LogP contribution in [-0.2, 0) is 0 Å². The molecule has 45 heavy (non-hydrogen) atoms. The Morgan fingerprint density at radius 3 is 2.44 bits per heavy atom. The Morgan fingerprint density at radius 1 is 0.844 bits per heavy atom. The SMILES string of the molecule is CCOc1cc(C=NNC(=O)c2[nH]c3c(ccc4ccccc43)c2-c2ccccc2Cl)ccc1OC(=O)c1ccc(Cl)cc1Cl. The molecule has 6 aromatic rings. The van der Waals surface area contributed by atoms with Crippen LogP contribution in [-0.4, -0.2) is 29.7 Å². The van der Waals surface area contributed by atoms with Gasteiger partial charge in [0.15, 0.2) is 11.5 Å². The molecular formula is C35H24Cl3N3O4. The summed E-state index contributed by atoms with van der Waals surface area (Å²) in [5, 5.41) is 8.17. The third-order valence-electron chi connectivity index (χ3n) is 7.07. The molecule has 0 spiro atoms. The number of benzene rings is 5. The van der Waals surface area contributed by atoms with Crippen LogP contribution < -0.4 is 14.9 Å². The van der Waals surface area contributed by atoms with Gasteiger partial charge in [-0.3, -0.25) is 4.79 Å². The van der Waals surface area contributed by atoms with Crippen LogP contribution in [0.1, 0.15) is 33.3 Å². The van der Waals surface area contributed by atoms with Crippen LogP contribution in [0.5, 0.6) is 11.5 Å². The van der Waals surface area contributed by atoms with Crippen molar-refractivity contribution in [3.63, 3.8) is 0 Å². The van der Waals surface area contributed by atoms with E-state index in [4.69, 9.17) is 44.3 Å². The number of rotatable bonds is 8. The lowest BCUT2D eigenvalue weighted by atomic mass is 9.99. The number of carbonyl (C=O) groups excluding carboxylic acids is 2. The van der Waals surface area contributed by atoms with Crippen molar-refractivity contribution in [2.75, 3.05) is 6.61 Å². The van der Waals surface area contributed by atoms with E-state index in [1.807, 2.05) is 61.5 Å². The van der Waals surface area contributed by atoms with Gasteiger partial charge in [-0.1, -0.05) is 89.4 Å². The highest BCUT2D eigenvalue weighted by molar-refractivity contribution is 6.36. The van der Waals surface area contributed by atoms with Crippen molar-refractivity contribution >= 4 is 74.6 Å². The molecule has 0 fully saturated rings. The van der Waals surface area contributed by atoms with Crippen molar-refractivity contribution in [1.29, 1.82) is 0 Å². The average Bonchev–Trinajstić information content (AvgIpc) is 3.42. The van der Waals surface area contributed by atoms with Gasteiger partial charge in [0.2, 0.25) is 0 Å². The van der Waals surface area contributed by atoms with Crippen LogP contribution >= 0.6 is 34.8 Å². The first-order valence-corrected chi connectivity index (χ1v) is 15.0. The summed E-state index contributed by atoms with van der Waals surface area (Å²) in [5.41, 5.74) is 5.93. The van der Waals surface area contributed by atoms with E-state index in [1.165, 1.54) is 18.3 Å². The summed E-state index contributed by atoms with van der Waals surface area (Å²) in [5.74, 6) is -0.595. The number of nitrogens with one attached hydrogen (secondary N) is 2. The van der Waals surface area contributed by atoms with Crippen LogP contribution in [0.15, 0.2) is 102 Å². The number of amides is 1. The molecule has 1 amide bonds. The molecule has 7 nitrogen and oxygen atoms in total. The molecule has 0 atom stereocenters. The minimum absolute atomic E-state index is 0.165. The van der Waals surface area contributed by atoms with Crippen molar-refractivity contribution in [3.8, 4) is 22.6 Å². The first-order valence-electron chi connectivity index (χ1n) is 13.9. The number of carbonyl (C=O) groups is 2. The predicted octanol–water partition coefficient (Wildman–Crippen LogP) is 9.33. The number of H-pyrrole nitrogens is 1. The van der Waals surface area contributed by atoms with Gasteiger partial charge in [-0.05, 0) is 60.3 Å². The number of aromatic amines is 1. The maximum Gasteiger partial charge on any atom is 0.345 e. The van der Waals surface area contributed by atoms with Gasteiger partial charge in [-0.25, -0.2) is 10.2 Å². The molecule has 0 radical (unpaired) electrons. The molecule has 224 valence electrons.